The van der Waals surface area contributed by atoms with E-state index >= 15 is 0 Å². The van der Waals surface area contributed by atoms with Crippen LogP contribution in [0.25, 0.3) is 0 Å². The van der Waals surface area contributed by atoms with Gasteiger partial charge in [0.15, 0.2) is 0 Å². The zero-order valence-electron chi connectivity index (χ0n) is 6.92. The summed E-state index contributed by atoms with van der Waals surface area (Å²) < 4.78 is 13.0. The fourth-order valence-corrected chi connectivity index (χ4v) is 1.04. The van der Waals surface area contributed by atoms with Crippen LogP contribution in [0.3, 0.4) is 0 Å². The molecule has 0 fully saturated rings. The van der Waals surface area contributed by atoms with E-state index in [1.54, 1.807) is 6.07 Å². The molecule has 0 saturated heterocycles. The van der Waals surface area contributed by atoms with Crippen LogP contribution in [0.4, 0.5) is 4.39 Å². The highest BCUT2D eigenvalue weighted by molar-refractivity contribution is 5.48. The van der Waals surface area contributed by atoms with Crippen molar-refractivity contribution >= 4 is 0 Å². The van der Waals surface area contributed by atoms with Crippen LogP contribution in [0.2, 0.25) is 0 Å². The second-order valence-electron chi connectivity index (χ2n) is 2.53. The van der Waals surface area contributed by atoms with Crippen molar-refractivity contribution in [3.8, 4) is 11.8 Å². The maximum absolute atomic E-state index is 13.0. The third kappa shape index (κ3) is 1.67. The summed E-state index contributed by atoms with van der Waals surface area (Å²) in [7, 11) is 0. The molecule has 0 aliphatic rings. The van der Waals surface area contributed by atoms with Gasteiger partial charge in [0.2, 0.25) is 0 Å². The van der Waals surface area contributed by atoms with Gasteiger partial charge in [-0.1, -0.05) is 6.08 Å². The largest absolute Gasteiger partial charge is 0.506 e. The Morgan fingerprint density at radius 1 is 1.62 bits per heavy atom. The van der Waals surface area contributed by atoms with Gasteiger partial charge in [-0.15, -0.1) is 6.58 Å². The van der Waals surface area contributed by atoms with Gasteiger partial charge < -0.3 is 5.11 Å². The minimum absolute atomic E-state index is 0.0817. The van der Waals surface area contributed by atoms with Crippen LogP contribution in [0.5, 0.6) is 5.75 Å². The summed E-state index contributed by atoms with van der Waals surface area (Å²) in [5, 5.41) is 17.9. The number of halogens is 1. The first kappa shape index (κ1) is 9.27. The topological polar surface area (TPSA) is 44.0 Å². The molecule has 0 atom stereocenters. The Labute approximate surface area is 75.6 Å². The normalized spacial score (nSPS) is 9.23. The summed E-state index contributed by atoms with van der Waals surface area (Å²) in [5.41, 5.74) is 0.201. The van der Waals surface area contributed by atoms with Crippen molar-refractivity contribution in [1.29, 1.82) is 5.26 Å². The first-order valence-electron chi connectivity index (χ1n) is 3.72. The molecular formula is C10H8FNO. The van der Waals surface area contributed by atoms with E-state index in [0.717, 1.165) is 6.07 Å². The number of nitrogens with zero attached hydrogens (tertiary/aromatic N) is 1. The molecular weight excluding hydrogens is 169 g/mol. The molecule has 1 N–H and O–H groups in total. The highest BCUT2D eigenvalue weighted by atomic mass is 19.1. The van der Waals surface area contributed by atoms with Crippen molar-refractivity contribution in [2.45, 2.75) is 6.42 Å². The van der Waals surface area contributed by atoms with Crippen molar-refractivity contribution in [3.05, 3.63) is 41.7 Å². The SMILES string of the molecule is C=CCc1c(F)ccc(C#N)c1O. The number of hydrogen-bond acceptors (Lipinski definition) is 2. The van der Waals surface area contributed by atoms with Gasteiger partial charge in [-0.25, -0.2) is 4.39 Å². The molecule has 0 aliphatic heterocycles. The van der Waals surface area contributed by atoms with Gasteiger partial charge >= 0.3 is 0 Å². The number of phenolic OH excluding ortho intramolecular Hbond substituents is 1. The molecule has 0 spiro atoms. The van der Waals surface area contributed by atoms with Crippen molar-refractivity contribution in [2.75, 3.05) is 0 Å². The van der Waals surface area contributed by atoms with Crippen LogP contribution in [0.15, 0.2) is 24.8 Å². The first-order valence-corrected chi connectivity index (χ1v) is 3.72. The van der Waals surface area contributed by atoms with E-state index in [1.807, 2.05) is 0 Å². The fourth-order valence-electron chi connectivity index (χ4n) is 1.04. The highest BCUT2D eigenvalue weighted by Gasteiger charge is 2.10. The van der Waals surface area contributed by atoms with E-state index in [-0.39, 0.29) is 23.3 Å². The molecule has 13 heavy (non-hydrogen) atoms. The number of hydrogen-bond donors (Lipinski definition) is 1. The molecule has 66 valence electrons. The molecule has 0 aliphatic carbocycles. The van der Waals surface area contributed by atoms with Gasteiger partial charge in [0.05, 0.1) is 5.56 Å². The third-order valence-corrected chi connectivity index (χ3v) is 1.69. The van der Waals surface area contributed by atoms with E-state index in [9.17, 15) is 9.50 Å². The predicted octanol–water partition coefficient (Wildman–Crippen LogP) is 2.13. The second kappa shape index (κ2) is 3.72. The summed E-state index contributed by atoms with van der Waals surface area (Å²) in [6.07, 6.45) is 1.69. The number of phenols is 1. The van der Waals surface area contributed by atoms with Crippen molar-refractivity contribution in [3.63, 3.8) is 0 Å². The molecule has 0 heterocycles. The lowest BCUT2D eigenvalue weighted by Crippen LogP contribution is -1.91. The van der Waals surface area contributed by atoms with Crippen LogP contribution in [0.1, 0.15) is 11.1 Å². The maximum Gasteiger partial charge on any atom is 0.139 e. The fraction of sp³-hybridized carbons (Fsp3) is 0.100. The maximum atomic E-state index is 13.0. The summed E-state index contributed by atoms with van der Waals surface area (Å²) in [4.78, 5) is 0. The molecule has 0 saturated carbocycles. The lowest BCUT2D eigenvalue weighted by atomic mass is 10.1. The van der Waals surface area contributed by atoms with Gasteiger partial charge in [-0.3, -0.25) is 0 Å². The minimum atomic E-state index is -0.517. The Kier molecular flexibility index (Phi) is 2.65. The van der Waals surface area contributed by atoms with Crippen LogP contribution < -0.4 is 0 Å². The summed E-state index contributed by atoms with van der Waals surface area (Å²) >= 11 is 0. The average molecular weight is 177 g/mol. The molecule has 0 radical (unpaired) electrons. The third-order valence-electron chi connectivity index (χ3n) is 1.69. The predicted molar refractivity (Wildman–Crippen MR) is 46.7 cm³/mol. The molecule has 1 aromatic rings. The Hall–Kier alpha value is -1.82. The van der Waals surface area contributed by atoms with Crippen LogP contribution in [0, 0.1) is 17.1 Å². The first-order chi connectivity index (χ1) is 6.20. The van der Waals surface area contributed by atoms with E-state index in [2.05, 4.69) is 6.58 Å². The van der Waals surface area contributed by atoms with Crippen LogP contribution in [-0.4, -0.2) is 5.11 Å². The van der Waals surface area contributed by atoms with E-state index in [1.165, 1.54) is 12.1 Å². The molecule has 3 heteroatoms. The van der Waals surface area contributed by atoms with Crippen molar-refractivity contribution in [2.24, 2.45) is 0 Å². The lowest BCUT2D eigenvalue weighted by molar-refractivity contribution is 0.459. The zero-order chi connectivity index (χ0) is 9.84. The van der Waals surface area contributed by atoms with Crippen LogP contribution >= 0.6 is 0 Å². The molecule has 2 nitrogen and oxygen atoms in total. The number of benzene rings is 1. The Morgan fingerprint density at radius 3 is 2.85 bits per heavy atom. The standard InChI is InChI=1S/C10H8FNO/c1-2-3-8-9(11)5-4-7(6-12)10(8)13/h2,4-5,13H,1,3H2. The van der Waals surface area contributed by atoms with Crippen molar-refractivity contribution in [1.82, 2.24) is 0 Å². The molecule has 0 amide bonds. The average Bonchev–Trinajstić information content (AvgIpc) is 2.12. The van der Waals surface area contributed by atoms with E-state index in [0.29, 0.717) is 0 Å². The number of aromatic hydroxyl groups is 1. The molecule has 0 aromatic heterocycles. The number of nitriles is 1. The van der Waals surface area contributed by atoms with Gasteiger partial charge in [-0.2, -0.15) is 5.26 Å². The number of rotatable bonds is 2. The smallest absolute Gasteiger partial charge is 0.139 e. The lowest BCUT2D eigenvalue weighted by Gasteiger charge is -2.03. The Bertz CT molecular complexity index is 379. The summed E-state index contributed by atoms with van der Waals surface area (Å²) in [6, 6.07) is 4.18. The quantitative estimate of drug-likeness (QED) is 0.703. The summed E-state index contributed by atoms with van der Waals surface area (Å²) in [5.74, 6) is -0.807. The van der Waals surface area contributed by atoms with Crippen molar-refractivity contribution < 1.29 is 9.50 Å². The van der Waals surface area contributed by atoms with Gasteiger partial charge in [0.25, 0.3) is 0 Å². The summed E-state index contributed by atoms with van der Waals surface area (Å²) in [6.45, 7) is 3.43. The van der Waals surface area contributed by atoms with E-state index in [4.69, 9.17) is 5.26 Å². The Morgan fingerprint density at radius 2 is 2.31 bits per heavy atom. The molecule has 0 bridgehead atoms. The van der Waals surface area contributed by atoms with Crippen LogP contribution in [-0.2, 0) is 6.42 Å². The monoisotopic (exact) mass is 177 g/mol. The van der Waals surface area contributed by atoms with Gasteiger partial charge in [-0.05, 0) is 18.6 Å². The molecule has 1 rings (SSSR count). The molecule has 0 unspecified atom stereocenters. The zero-order valence-corrected chi connectivity index (χ0v) is 6.92. The van der Waals surface area contributed by atoms with Gasteiger partial charge in [0.1, 0.15) is 17.6 Å². The van der Waals surface area contributed by atoms with Gasteiger partial charge in [0, 0.05) is 5.56 Å². The number of allylic oxidation sites excluding steroid dienone is 1. The molecule has 1 aromatic carbocycles. The second-order valence-corrected chi connectivity index (χ2v) is 2.53. The Balaban J connectivity index is 3.31. The highest BCUT2D eigenvalue weighted by Crippen LogP contribution is 2.25. The van der Waals surface area contributed by atoms with E-state index < -0.39 is 5.82 Å². The minimum Gasteiger partial charge on any atom is -0.506 e.